The van der Waals surface area contributed by atoms with E-state index in [0.717, 1.165) is 23.9 Å². The molecule has 2 unspecified atom stereocenters. The zero-order valence-corrected chi connectivity index (χ0v) is 17.1. The zero-order chi connectivity index (χ0) is 18.7. The molecular formula is C19H26BrN3O3. The van der Waals surface area contributed by atoms with E-state index in [4.69, 9.17) is 9.15 Å². The fourth-order valence-electron chi connectivity index (χ4n) is 3.49. The van der Waals surface area contributed by atoms with E-state index in [1.807, 2.05) is 12.3 Å². The molecule has 1 aliphatic heterocycles. The maximum atomic E-state index is 12.4. The molecule has 2 atom stereocenters. The van der Waals surface area contributed by atoms with Crippen molar-refractivity contribution in [2.75, 3.05) is 13.2 Å². The number of carbonyl (C=O) groups excluding carboxylic acids is 1. The van der Waals surface area contributed by atoms with Crippen LogP contribution in [0, 0.1) is 11.3 Å². The molecule has 1 N–H and O–H groups in total. The first-order valence-corrected chi connectivity index (χ1v) is 9.79. The van der Waals surface area contributed by atoms with Crippen molar-refractivity contribution >= 4 is 21.8 Å². The van der Waals surface area contributed by atoms with Crippen molar-refractivity contribution < 1.29 is 13.9 Å². The van der Waals surface area contributed by atoms with Crippen LogP contribution in [-0.2, 0) is 11.3 Å². The molecule has 7 heteroatoms. The van der Waals surface area contributed by atoms with Gasteiger partial charge in [-0.05, 0) is 46.3 Å². The predicted octanol–water partition coefficient (Wildman–Crippen LogP) is 3.86. The lowest BCUT2D eigenvalue weighted by atomic mass is 9.78. The third kappa shape index (κ3) is 4.76. The summed E-state index contributed by atoms with van der Waals surface area (Å²) in [4.78, 5) is 12.4. The van der Waals surface area contributed by atoms with Crippen LogP contribution in [0.15, 0.2) is 33.4 Å². The predicted molar refractivity (Wildman–Crippen MR) is 102 cm³/mol. The van der Waals surface area contributed by atoms with E-state index in [0.29, 0.717) is 30.5 Å². The first-order valence-electron chi connectivity index (χ1n) is 8.99. The molecule has 0 aromatic carbocycles. The van der Waals surface area contributed by atoms with Gasteiger partial charge >= 0.3 is 0 Å². The number of aromatic nitrogens is 2. The van der Waals surface area contributed by atoms with Crippen molar-refractivity contribution in [2.24, 2.45) is 11.3 Å². The van der Waals surface area contributed by atoms with E-state index in [9.17, 15) is 4.79 Å². The number of halogens is 1. The van der Waals surface area contributed by atoms with Crippen LogP contribution >= 0.6 is 15.9 Å². The van der Waals surface area contributed by atoms with Gasteiger partial charge in [-0.1, -0.05) is 20.8 Å². The number of nitrogens with one attached hydrogen (secondary N) is 1. The van der Waals surface area contributed by atoms with Crippen molar-refractivity contribution in [3.63, 3.8) is 0 Å². The van der Waals surface area contributed by atoms with Gasteiger partial charge in [-0.2, -0.15) is 5.10 Å². The Morgan fingerprint density at radius 1 is 1.42 bits per heavy atom. The number of hydrogen-bond donors (Lipinski definition) is 1. The SMILES string of the molecule is CC(C)(C)C1OCCCC1CNC(=O)c1ccc(Cn2cc(Br)cn2)o1. The van der Waals surface area contributed by atoms with Gasteiger partial charge in [0.15, 0.2) is 5.76 Å². The molecule has 0 saturated carbocycles. The average Bonchev–Trinajstić information content (AvgIpc) is 3.21. The van der Waals surface area contributed by atoms with Crippen molar-refractivity contribution in [3.8, 4) is 0 Å². The Labute approximate surface area is 162 Å². The van der Waals surface area contributed by atoms with Crippen LogP contribution < -0.4 is 5.32 Å². The highest BCUT2D eigenvalue weighted by molar-refractivity contribution is 9.10. The first kappa shape index (κ1) is 19.2. The van der Waals surface area contributed by atoms with E-state index in [1.54, 1.807) is 16.9 Å². The van der Waals surface area contributed by atoms with Gasteiger partial charge in [0.05, 0.1) is 23.3 Å². The molecule has 2 aromatic rings. The molecule has 1 aliphatic rings. The first-order chi connectivity index (χ1) is 12.3. The second kappa shape index (κ2) is 7.96. The third-order valence-corrected chi connectivity index (χ3v) is 5.04. The highest BCUT2D eigenvalue weighted by atomic mass is 79.9. The van der Waals surface area contributed by atoms with Crippen LogP contribution in [0.5, 0.6) is 0 Å². The normalized spacial score (nSPS) is 20.9. The lowest BCUT2D eigenvalue weighted by Gasteiger charge is -2.40. The molecule has 3 rings (SSSR count). The van der Waals surface area contributed by atoms with Crippen LogP contribution in [0.2, 0.25) is 0 Å². The van der Waals surface area contributed by atoms with Crippen LogP contribution in [-0.4, -0.2) is 34.9 Å². The minimum atomic E-state index is -0.184. The van der Waals surface area contributed by atoms with Crippen molar-refractivity contribution in [3.05, 3.63) is 40.5 Å². The van der Waals surface area contributed by atoms with E-state index >= 15 is 0 Å². The molecule has 26 heavy (non-hydrogen) atoms. The topological polar surface area (TPSA) is 69.3 Å². The summed E-state index contributed by atoms with van der Waals surface area (Å²) in [6.45, 7) is 8.45. The molecule has 0 radical (unpaired) electrons. The molecular weight excluding hydrogens is 398 g/mol. The minimum absolute atomic E-state index is 0.0612. The van der Waals surface area contributed by atoms with E-state index < -0.39 is 0 Å². The van der Waals surface area contributed by atoms with Crippen LogP contribution in [0.3, 0.4) is 0 Å². The Bertz CT molecular complexity index is 747. The molecule has 0 bridgehead atoms. The Morgan fingerprint density at radius 2 is 2.23 bits per heavy atom. The summed E-state index contributed by atoms with van der Waals surface area (Å²) in [7, 11) is 0. The molecule has 3 heterocycles. The monoisotopic (exact) mass is 423 g/mol. The Morgan fingerprint density at radius 3 is 2.92 bits per heavy atom. The van der Waals surface area contributed by atoms with Gasteiger partial charge in [0.1, 0.15) is 5.76 Å². The second-order valence-corrected chi connectivity index (χ2v) is 8.81. The number of carbonyl (C=O) groups is 1. The third-order valence-electron chi connectivity index (χ3n) is 4.63. The number of hydrogen-bond acceptors (Lipinski definition) is 4. The summed E-state index contributed by atoms with van der Waals surface area (Å²) in [5.41, 5.74) is 0.0612. The number of amides is 1. The maximum Gasteiger partial charge on any atom is 0.287 e. The zero-order valence-electron chi connectivity index (χ0n) is 15.5. The maximum absolute atomic E-state index is 12.4. The van der Waals surface area contributed by atoms with Crippen molar-refractivity contribution in [2.45, 2.75) is 46.3 Å². The fraction of sp³-hybridized carbons (Fsp3) is 0.579. The van der Waals surface area contributed by atoms with Crippen LogP contribution in [0.4, 0.5) is 0 Å². The summed E-state index contributed by atoms with van der Waals surface area (Å²) in [6.07, 6.45) is 5.84. The van der Waals surface area contributed by atoms with Gasteiger partial charge in [-0.15, -0.1) is 0 Å². The van der Waals surface area contributed by atoms with Gasteiger partial charge in [-0.3, -0.25) is 9.48 Å². The highest BCUT2D eigenvalue weighted by Crippen LogP contribution is 2.33. The molecule has 1 fully saturated rings. The summed E-state index contributed by atoms with van der Waals surface area (Å²) in [5.74, 6) is 1.16. The van der Waals surface area contributed by atoms with Gasteiger partial charge in [0.25, 0.3) is 5.91 Å². The number of furan rings is 1. The molecule has 0 spiro atoms. The van der Waals surface area contributed by atoms with Crippen molar-refractivity contribution in [1.82, 2.24) is 15.1 Å². The smallest absolute Gasteiger partial charge is 0.287 e. The molecule has 2 aromatic heterocycles. The number of ether oxygens (including phenoxy) is 1. The molecule has 142 valence electrons. The van der Waals surface area contributed by atoms with Crippen LogP contribution in [0.25, 0.3) is 0 Å². The second-order valence-electron chi connectivity index (χ2n) is 7.89. The summed E-state index contributed by atoms with van der Waals surface area (Å²) in [6, 6.07) is 3.52. The quantitative estimate of drug-likeness (QED) is 0.792. The minimum Gasteiger partial charge on any atom is -0.454 e. The summed E-state index contributed by atoms with van der Waals surface area (Å²) in [5, 5.41) is 7.20. The van der Waals surface area contributed by atoms with Crippen molar-refractivity contribution in [1.29, 1.82) is 0 Å². The molecule has 1 amide bonds. The Kier molecular flexibility index (Phi) is 5.87. The average molecular weight is 424 g/mol. The van der Waals surface area contributed by atoms with E-state index in [-0.39, 0.29) is 17.4 Å². The fourth-order valence-corrected chi connectivity index (χ4v) is 3.82. The number of nitrogens with zero attached hydrogens (tertiary/aromatic N) is 2. The van der Waals surface area contributed by atoms with Gasteiger partial charge < -0.3 is 14.5 Å². The van der Waals surface area contributed by atoms with Gasteiger partial charge in [0.2, 0.25) is 0 Å². The highest BCUT2D eigenvalue weighted by Gasteiger charge is 2.35. The summed E-state index contributed by atoms with van der Waals surface area (Å²) < 4.78 is 14.3. The standard InChI is InChI=1S/C19H26BrN3O3/c1-19(2,3)17-13(5-4-8-25-17)9-21-18(24)16-7-6-15(26-16)12-23-11-14(20)10-22-23/h6-7,10-11,13,17H,4-5,8-9,12H2,1-3H3,(H,21,24). The Balaban J connectivity index is 1.56. The van der Waals surface area contributed by atoms with Gasteiger partial charge in [-0.25, -0.2) is 0 Å². The summed E-state index contributed by atoms with van der Waals surface area (Å²) >= 11 is 3.36. The Hall–Kier alpha value is -1.60. The lowest BCUT2D eigenvalue weighted by molar-refractivity contribution is -0.0839. The van der Waals surface area contributed by atoms with Crippen LogP contribution in [0.1, 0.15) is 49.9 Å². The molecule has 6 nitrogen and oxygen atoms in total. The lowest BCUT2D eigenvalue weighted by Crippen LogP contribution is -2.45. The van der Waals surface area contributed by atoms with E-state index in [1.165, 1.54) is 0 Å². The number of rotatable bonds is 5. The largest absolute Gasteiger partial charge is 0.454 e. The molecule has 1 saturated heterocycles. The van der Waals surface area contributed by atoms with E-state index in [2.05, 4.69) is 47.1 Å². The van der Waals surface area contributed by atoms with Gasteiger partial charge in [0, 0.05) is 25.3 Å². The molecule has 0 aliphatic carbocycles.